The first-order valence-corrected chi connectivity index (χ1v) is 5.39. The summed E-state index contributed by atoms with van der Waals surface area (Å²) in [4.78, 5) is 7.58. The molecule has 2 aromatic rings. The zero-order valence-electron chi connectivity index (χ0n) is 9.99. The largest absolute Gasteiger partial charge is 0.416 e. The third-order valence-electron chi connectivity index (χ3n) is 2.50. The lowest BCUT2D eigenvalue weighted by atomic mass is 10.1. The quantitative estimate of drug-likeness (QED) is 0.878. The molecule has 0 saturated carbocycles. The van der Waals surface area contributed by atoms with Crippen LogP contribution in [0.1, 0.15) is 11.1 Å². The molecule has 0 saturated heterocycles. The van der Waals surface area contributed by atoms with Crippen molar-refractivity contribution in [3.63, 3.8) is 0 Å². The summed E-state index contributed by atoms with van der Waals surface area (Å²) in [7, 11) is 0. The van der Waals surface area contributed by atoms with Gasteiger partial charge in [0, 0.05) is 11.9 Å². The predicted octanol–water partition coefficient (Wildman–Crippen LogP) is 3.13. The third kappa shape index (κ3) is 3.12. The molecule has 0 aliphatic carbocycles. The lowest BCUT2D eigenvalue weighted by Gasteiger charge is -2.12. The van der Waals surface area contributed by atoms with Crippen molar-refractivity contribution in [3.05, 3.63) is 41.6 Å². The molecule has 1 aromatic carbocycles. The zero-order chi connectivity index (χ0) is 14.0. The average molecular weight is 268 g/mol. The van der Waals surface area contributed by atoms with E-state index >= 15 is 0 Å². The second-order valence-corrected chi connectivity index (χ2v) is 3.95. The van der Waals surface area contributed by atoms with Crippen LogP contribution in [0.4, 0.5) is 30.6 Å². The summed E-state index contributed by atoms with van der Waals surface area (Å²) in [5.41, 5.74) is 5.69. The van der Waals surface area contributed by atoms with Crippen LogP contribution < -0.4 is 11.1 Å². The van der Waals surface area contributed by atoms with Gasteiger partial charge in [0.2, 0.25) is 5.95 Å². The maximum Gasteiger partial charge on any atom is 0.416 e. The molecule has 1 aromatic heterocycles. The lowest BCUT2D eigenvalue weighted by molar-refractivity contribution is -0.137. The first-order chi connectivity index (χ1) is 8.86. The van der Waals surface area contributed by atoms with E-state index in [1.165, 1.54) is 18.3 Å². The van der Waals surface area contributed by atoms with Gasteiger partial charge in [0.25, 0.3) is 0 Å². The molecule has 0 aliphatic rings. The lowest BCUT2D eigenvalue weighted by Crippen LogP contribution is -2.06. The fourth-order valence-corrected chi connectivity index (χ4v) is 1.51. The number of alkyl halides is 3. The Bertz CT molecular complexity index is 596. The van der Waals surface area contributed by atoms with Crippen molar-refractivity contribution in [1.29, 1.82) is 0 Å². The third-order valence-corrected chi connectivity index (χ3v) is 2.50. The van der Waals surface area contributed by atoms with Gasteiger partial charge in [-0.15, -0.1) is 0 Å². The van der Waals surface area contributed by atoms with Crippen LogP contribution in [0.5, 0.6) is 0 Å². The standard InChI is InChI=1S/C12H11F3N4/c1-7-2-3-8(12(13,14)15)6-9(7)18-10-4-5-17-11(16)19-10/h2-6H,1H3,(H3,16,17,18,19). The smallest absolute Gasteiger partial charge is 0.368 e. The summed E-state index contributed by atoms with van der Waals surface area (Å²) in [5, 5.41) is 2.79. The molecule has 0 atom stereocenters. The normalized spacial score (nSPS) is 11.4. The molecular weight excluding hydrogens is 257 g/mol. The van der Waals surface area contributed by atoms with Gasteiger partial charge in [0.1, 0.15) is 5.82 Å². The number of nitrogens with zero attached hydrogens (tertiary/aromatic N) is 2. The summed E-state index contributed by atoms with van der Waals surface area (Å²) in [6, 6.07) is 4.99. The van der Waals surface area contributed by atoms with Crippen molar-refractivity contribution >= 4 is 17.5 Å². The molecule has 100 valence electrons. The van der Waals surface area contributed by atoms with Crippen LogP contribution in [0, 0.1) is 6.92 Å². The molecule has 0 bridgehead atoms. The monoisotopic (exact) mass is 268 g/mol. The molecule has 0 radical (unpaired) electrons. The minimum absolute atomic E-state index is 0.0506. The zero-order valence-corrected chi connectivity index (χ0v) is 9.99. The number of nitrogens with one attached hydrogen (secondary N) is 1. The summed E-state index contributed by atoms with van der Waals surface area (Å²) in [6.45, 7) is 1.70. The molecular formula is C12H11F3N4. The number of aryl methyl sites for hydroxylation is 1. The summed E-state index contributed by atoms with van der Waals surface area (Å²) < 4.78 is 37.9. The summed E-state index contributed by atoms with van der Waals surface area (Å²) >= 11 is 0. The van der Waals surface area contributed by atoms with Crippen molar-refractivity contribution < 1.29 is 13.2 Å². The van der Waals surface area contributed by atoms with Crippen LogP contribution in [-0.2, 0) is 6.18 Å². The SMILES string of the molecule is Cc1ccc(C(F)(F)F)cc1Nc1ccnc(N)n1. The van der Waals surface area contributed by atoms with Crippen molar-refractivity contribution in [1.82, 2.24) is 9.97 Å². The highest BCUT2D eigenvalue weighted by Crippen LogP contribution is 2.32. The van der Waals surface area contributed by atoms with Crippen molar-refractivity contribution in [2.45, 2.75) is 13.1 Å². The van der Waals surface area contributed by atoms with Gasteiger partial charge in [0.15, 0.2) is 0 Å². The molecule has 19 heavy (non-hydrogen) atoms. The van der Waals surface area contributed by atoms with E-state index in [1.807, 2.05) is 0 Å². The number of nitrogens with two attached hydrogens (primary N) is 1. The van der Waals surface area contributed by atoms with Crippen molar-refractivity contribution in [2.24, 2.45) is 0 Å². The summed E-state index contributed by atoms with van der Waals surface area (Å²) in [5.74, 6) is 0.393. The Morgan fingerprint density at radius 3 is 2.58 bits per heavy atom. The topological polar surface area (TPSA) is 63.8 Å². The van der Waals surface area contributed by atoms with Gasteiger partial charge in [-0.3, -0.25) is 0 Å². The maximum absolute atomic E-state index is 12.6. The minimum Gasteiger partial charge on any atom is -0.368 e. The number of aromatic nitrogens is 2. The number of hydrogen-bond acceptors (Lipinski definition) is 4. The first-order valence-electron chi connectivity index (χ1n) is 5.39. The number of rotatable bonds is 2. The highest BCUT2D eigenvalue weighted by Gasteiger charge is 2.30. The van der Waals surface area contributed by atoms with Gasteiger partial charge in [0.05, 0.1) is 5.56 Å². The summed E-state index contributed by atoms with van der Waals surface area (Å²) in [6.07, 6.45) is -2.96. The van der Waals surface area contributed by atoms with E-state index in [1.54, 1.807) is 6.92 Å². The number of anilines is 3. The van der Waals surface area contributed by atoms with Crippen LogP contribution in [0.15, 0.2) is 30.5 Å². The van der Waals surface area contributed by atoms with E-state index in [9.17, 15) is 13.2 Å². The number of halogens is 3. The predicted molar refractivity (Wildman–Crippen MR) is 65.9 cm³/mol. The Morgan fingerprint density at radius 2 is 1.95 bits per heavy atom. The van der Waals surface area contributed by atoms with E-state index in [-0.39, 0.29) is 5.95 Å². The van der Waals surface area contributed by atoms with Gasteiger partial charge >= 0.3 is 6.18 Å². The van der Waals surface area contributed by atoms with Crippen LogP contribution >= 0.6 is 0 Å². The van der Waals surface area contributed by atoms with E-state index in [0.29, 0.717) is 17.1 Å². The van der Waals surface area contributed by atoms with E-state index in [2.05, 4.69) is 15.3 Å². The maximum atomic E-state index is 12.6. The van der Waals surface area contributed by atoms with Crippen LogP contribution in [0.25, 0.3) is 0 Å². The average Bonchev–Trinajstić information content (AvgIpc) is 2.30. The van der Waals surface area contributed by atoms with Crippen molar-refractivity contribution in [2.75, 3.05) is 11.1 Å². The number of hydrogen-bond donors (Lipinski definition) is 2. The highest BCUT2D eigenvalue weighted by molar-refractivity contribution is 5.61. The Kier molecular flexibility index (Phi) is 3.28. The van der Waals surface area contributed by atoms with Gasteiger partial charge in [-0.1, -0.05) is 6.07 Å². The van der Waals surface area contributed by atoms with E-state index < -0.39 is 11.7 Å². The molecule has 0 amide bonds. The van der Waals surface area contributed by atoms with Gasteiger partial charge in [-0.05, 0) is 30.7 Å². The van der Waals surface area contributed by atoms with Crippen LogP contribution in [0.2, 0.25) is 0 Å². The molecule has 0 fully saturated rings. The Hall–Kier alpha value is -2.31. The van der Waals surface area contributed by atoms with Gasteiger partial charge < -0.3 is 11.1 Å². The van der Waals surface area contributed by atoms with Crippen molar-refractivity contribution in [3.8, 4) is 0 Å². The fourth-order valence-electron chi connectivity index (χ4n) is 1.51. The molecule has 2 rings (SSSR count). The molecule has 0 aliphatic heterocycles. The Labute approximate surface area is 107 Å². The molecule has 0 spiro atoms. The molecule has 0 unspecified atom stereocenters. The first kappa shape index (κ1) is 13.1. The van der Waals surface area contributed by atoms with E-state index in [0.717, 1.165) is 12.1 Å². The second-order valence-electron chi connectivity index (χ2n) is 3.95. The minimum atomic E-state index is -4.38. The molecule has 3 N–H and O–H groups in total. The van der Waals surface area contributed by atoms with E-state index in [4.69, 9.17) is 5.73 Å². The van der Waals surface area contributed by atoms with Gasteiger partial charge in [-0.2, -0.15) is 18.2 Å². The number of benzene rings is 1. The van der Waals surface area contributed by atoms with Gasteiger partial charge in [-0.25, -0.2) is 4.98 Å². The fraction of sp³-hybridized carbons (Fsp3) is 0.167. The van der Waals surface area contributed by atoms with Crippen LogP contribution in [-0.4, -0.2) is 9.97 Å². The molecule has 7 heteroatoms. The Morgan fingerprint density at radius 1 is 1.21 bits per heavy atom. The molecule has 4 nitrogen and oxygen atoms in total. The van der Waals surface area contributed by atoms with Crippen LogP contribution in [0.3, 0.4) is 0 Å². The highest BCUT2D eigenvalue weighted by atomic mass is 19.4. The second kappa shape index (κ2) is 4.75. The number of nitrogen functional groups attached to an aromatic ring is 1. The molecule has 1 heterocycles. The Balaban J connectivity index is 2.34.